The summed E-state index contributed by atoms with van der Waals surface area (Å²) in [7, 11) is 0. The molecule has 1 N–H and O–H groups in total. The van der Waals surface area contributed by atoms with Crippen molar-refractivity contribution in [1.29, 1.82) is 0 Å². The van der Waals surface area contributed by atoms with E-state index in [9.17, 15) is 4.79 Å². The quantitative estimate of drug-likeness (QED) is 0.418. The molecule has 0 amide bonds. The van der Waals surface area contributed by atoms with Crippen LogP contribution in [0.4, 0.5) is 5.95 Å². The van der Waals surface area contributed by atoms with Crippen LogP contribution in [0.2, 0.25) is 0 Å². The lowest BCUT2D eigenvalue weighted by Crippen LogP contribution is -2.26. The number of anilines is 1. The summed E-state index contributed by atoms with van der Waals surface area (Å²) in [6.07, 6.45) is 7.37. The minimum Gasteiger partial charge on any atom is -0.459 e. The van der Waals surface area contributed by atoms with Gasteiger partial charge in [-0.25, -0.2) is 9.97 Å². The van der Waals surface area contributed by atoms with E-state index in [1.165, 1.54) is 11.1 Å². The van der Waals surface area contributed by atoms with Crippen LogP contribution in [0, 0.1) is 0 Å². The number of esters is 1. The van der Waals surface area contributed by atoms with Crippen LogP contribution in [0.5, 0.6) is 0 Å². The second kappa shape index (κ2) is 8.78. The molecule has 2 heterocycles. The Morgan fingerprint density at radius 2 is 1.84 bits per heavy atom. The van der Waals surface area contributed by atoms with E-state index in [0.29, 0.717) is 17.3 Å². The fourth-order valence-corrected chi connectivity index (χ4v) is 4.19. The van der Waals surface area contributed by atoms with Gasteiger partial charge in [-0.15, -0.1) is 0 Å². The molecule has 7 nitrogen and oxygen atoms in total. The average Bonchev–Trinajstić information content (AvgIpc) is 3.30. The van der Waals surface area contributed by atoms with Crippen molar-refractivity contribution in [2.45, 2.75) is 57.1 Å². The van der Waals surface area contributed by atoms with Gasteiger partial charge in [-0.1, -0.05) is 40.2 Å². The van der Waals surface area contributed by atoms with Crippen molar-refractivity contribution in [3.63, 3.8) is 0 Å². The Hall–Kier alpha value is -2.74. The lowest BCUT2D eigenvalue weighted by molar-refractivity contribution is -0.155. The first-order chi connectivity index (χ1) is 14.8. The van der Waals surface area contributed by atoms with Crippen molar-refractivity contribution in [1.82, 2.24) is 19.7 Å². The summed E-state index contributed by atoms with van der Waals surface area (Å²) in [6, 6.07) is 8.82. The Morgan fingerprint density at radius 3 is 2.42 bits per heavy atom. The predicted molar refractivity (Wildman–Crippen MR) is 123 cm³/mol. The van der Waals surface area contributed by atoms with Crippen molar-refractivity contribution < 1.29 is 9.53 Å². The molecule has 0 radical (unpaired) electrons. The first-order valence-corrected chi connectivity index (χ1v) is 11.4. The van der Waals surface area contributed by atoms with Crippen LogP contribution in [-0.4, -0.2) is 37.4 Å². The summed E-state index contributed by atoms with van der Waals surface area (Å²) in [5.41, 5.74) is 4.80. The number of hydrogen-bond acceptors (Lipinski definition) is 6. The maximum atomic E-state index is 12.1. The molecular formula is C23H26BrN5O2. The average molecular weight is 484 g/mol. The van der Waals surface area contributed by atoms with Gasteiger partial charge in [0.25, 0.3) is 0 Å². The molecule has 0 bridgehead atoms. The summed E-state index contributed by atoms with van der Waals surface area (Å²) < 4.78 is 6.99. The van der Waals surface area contributed by atoms with Crippen LogP contribution in [0.15, 0.2) is 42.9 Å². The maximum Gasteiger partial charge on any atom is 0.328 e. The monoisotopic (exact) mass is 483 g/mol. The van der Waals surface area contributed by atoms with Crippen molar-refractivity contribution >= 4 is 27.8 Å². The van der Waals surface area contributed by atoms with Gasteiger partial charge in [0.15, 0.2) is 0 Å². The largest absolute Gasteiger partial charge is 0.459 e. The van der Waals surface area contributed by atoms with Gasteiger partial charge in [-0.2, -0.15) is 5.10 Å². The van der Waals surface area contributed by atoms with Crippen LogP contribution in [0.25, 0.3) is 11.1 Å². The van der Waals surface area contributed by atoms with E-state index < -0.39 is 5.60 Å². The van der Waals surface area contributed by atoms with Crippen LogP contribution >= 0.6 is 15.9 Å². The van der Waals surface area contributed by atoms with E-state index in [2.05, 4.69) is 60.6 Å². The third kappa shape index (κ3) is 5.31. The molecule has 31 heavy (non-hydrogen) atoms. The van der Waals surface area contributed by atoms with E-state index >= 15 is 0 Å². The van der Waals surface area contributed by atoms with Crippen molar-refractivity contribution in [3.05, 3.63) is 59.7 Å². The van der Waals surface area contributed by atoms with Crippen LogP contribution in [-0.2, 0) is 34.2 Å². The molecule has 4 rings (SSSR count). The molecule has 1 aliphatic carbocycles. The lowest BCUT2D eigenvalue weighted by atomic mass is 10.1. The summed E-state index contributed by atoms with van der Waals surface area (Å²) in [5.74, 6) is 0.291. The third-order valence-corrected chi connectivity index (χ3v) is 5.55. The zero-order chi connectivity index (χ0) is 22.0. The van der Waals surface area contributed by atoms with E-state index in [1.54, 1.807) is 17.1 Å². The number of benzene rings is 1. The highest BCUT2D eigenvalue weighted by atomic mass is 79.9. The minimum atomic E-state index is -0.525. The molecule has 162 valence electrons. The van der Waals surface area contributed by atoms with Gasteiger partial charge in [0.2, 0.25) is 5.95 Å². The smallest absolute Gasteiger partial charge is 0.328 e. The Kier molecular flexibility index (Phi) is 6.09. The van der Waals surface area contributed by atoms with Gasteiger partial charge in [-0.3, -0.25) is 9.48 Å². The molecule has 0 unspecified atom stereocenters. The highest BCUT2D eigenvalue weighted by molar-refractivity contribution is 9.08. The fourth-order valence-electron chi connectivity index (χ4n) is 3.77. The van der Waals surface area contributed by atoms with Gasteiger partial charge in [0.1, 0.15) is 12.1 Å². The number of alkyl halides is 1. The van der Waals surface area contributed by atoms with E-state index in [4.69, 9.17) is 4.74 Å². The van der Waals surface area contributed by atoms with Crippen molar-refractivity contribution in [2.24, 2.45) is 0 Å². The number of halogens is 1. The second-order valence-electron chi connectivity index (χ2n) is 8.72. The molecule has 1 aliphatic rings. The molecule has 0 saturated heterocycles. The van der Waals surface area contributed by atoms with E-state index in [0.717, 1.165) is 29.7 Å². The standard InChI is InChI=1S/C23H26BrN5O2/c1-23(2,3)31-21(30)14-29-13-19(20(10-24)28-29)17-11-25-22(26-12-17)27-18-8-15-6-4-5-7-16(15)9-18/h4-7,11-13,18H,8-10,14H2,1-3H3,(H,25,26,27). The topological polar surface area (TPSA) is 81.9 Å². The molecule has 2 aromatic heterocycles. The normalized spacial score (nSPS) is 13.8. The van der Waals surface area contributed by atoms with Crippen molar-refractivity contribution in [2.75, 3.05) is 5.32 Å². The molecule has 1 aromatic carbocycles. The fraction of sp³-hybridized carbons (Fsp3) is 0.391. The number of aromatic nitrogens is 4. The molecule has 0 aliphatic heterocycles. The molecule has 0 fully saturated rings. The molecule has 0 spiro atoms. The summed E-state index contributed by atoms with van der Waals surface area (Å²) >= 11 is 3.48. The lowest BCUT2D eigenvalue weighted by Gasteiger charge is -2.19. The minimum absolute atomic E-state index is 0.0556. The van der Waals surface area contributed by atoms with Gasteiger partial charge in [-0.05, 0) is 44.7 Å². The molecule has 3 aromatic rings. The number of ether oxygens (including phenoxy) is 1. The third-order valence-electron chi connectivity index (χ3n) is 5.02. The number of carbonyl (C=O) groups is 1. The number of nitrogens with one attached hydrogen (secondary N) is 1. The summed E-state index contributed by atoms with van der Waals surface area (Å²) in [4.78, 5) is 21.2. The van der Waals surface area contributed by atoms with Gasteiger partial charge in [0.05, 0.1) is 5.69 Å². The highest BCUT2D eigenvalue weighted by Gasteiger charge is 2.22. The second-order valence-corrected chi connectivity index (χ2v) is 9.28. The zero-order valence-electron chi connectivity index (χ0n) is 17.9. The van der Waals surface area contributed by atoms with Gasteiger partial charge >= 0.3 is 5.97 Å². The Balaban J connectivity index is 1.44. The Labute approximate surface area is 190 Å². The van der Waals surface area contributed by atoms with Gasteiger partial charge < -0.3 is 10.1 Å². The molecular weight excluding hydrogens is 458 g/mol. The van der Waals surface area contributed by atoms with Crippen LogP contribution < -0.4 is 5.32 Å². The highest BCUT2D eigenvalue weighted by Crippen LogP contribution is 2.26. The summed E-state index contributed by atoms with van der Waals surface area (Å²) in [6.45, 7) is 5.60. The number of rotatable bonds is 6. The first kappa shape index (κ1) is 21.5. The SMILES string of the molecule is CC(C)(C)OC(=O)Cn1cc(-c2cnc(NC3Cc4ccccc4C3)nc2)c(CBr)n1. The number of carbonyl (C=O) groups excluding carboxylic acids is 1. The number of fused-ring (bicyclic) bond motifs is 1. The Bertz CT molecular complexity index is 1050. The van der Waals surface area contributed by atoms with Crippen LogP contribution in [0.1, 0.15) is 37.6 Å². The van der Waals surface area contributed by atoms with E-state index in [-0.39, 0.29) is 12.5 Å². The van der Waals surface area contributed by atoms with Crippen LogP contribution in [0.3, 0.4) is 0 Å². The van der Waals surface area contributed by atoms with Crippen molar-refractivity contribution in [3.8, 4) is 11.1 Å². The Morgan fingerprint density at radius 1 is 1.19 bits per heavy atom. The van der Waals surface area contributed by atoms with Gasteiger partial charge in [0, 0.05) is 41.1 Å². The molecule has 8 heteroatoms. The maximum absolute atomic E-state index is 12.1. The molecule has 0 atom stereocenters. The predicted octanol–water partition coefficient (Wildman–Crippen LogP) is 4.16. The van der Waals surface area contributed by atoms with E-state index in [1.807, 2.05) is 27.0 Å². The zero-order valence-corrected chi connectivity index (χ0v) is 19.5. The number of hydrogen-bond donors (Lipinski definition) is 1. The first-order valence-electron chi connectivity index (χ1n) is 10.3. The summed E-state index contributed by atoms with van der Waals surface area (Å²) in [5, 5.41) is 8.50. The molecule has 0 saturated carbocycles. The number of nitrogens with zero attached hydrogens (tertiary/aromatic N) is 4.